The summed E-state index contributed by atoms with van der Waals surface area (Å²) in [4.78, 5) is 26.8. The molecule has 176 valence electrons. The number of nitrogens with zero attached hydrogens (tertiary/aromatic N) is 7. The van der Waals surface area contributed by atoms with Crippen LogP contribution in [-0.4, -0.2) is 43.7 Å². The second kappa shape index (κ2) is 7.61. The van der Waals surface area contributed by atoms with Crippen molar-refractivity contribution >= 4 is 17.5 Å². The summed E-state index contributed by atoms with van der Waals surface area (Å²) in [5, 5.41) is 8.80. The van der Waals surface area contributed by atoms with E-state index in [0.29, 0.717) is 41.0 Å². The second-order valence-electron chi connectivity index (χ2n) is 10.8. The number of amides is 1. The van der Waals surface area contributed by atoms with Crippen LogP contribution in [0.3, 0.4) is 0 Å². The molecule has 3 aliphatic heterocycles. The Bertz CT molecular complexity index is 1320. The van der Waals surface area contributed by atoms with Gasteiger partial charge in [0.1, 0.15) is 23.2 Å². The maximum absolute atomic E-state index is 13.5. The summed E-state index contributed by atoms with van der Waals surface area (Å²) in [6.07, 6.45) is 3.28. The highest BCUT2D eigenvalue weighted by molar-refractivity contribution is 6.10. The van der Waals surface area contributed by atoms with E-state index >= 15 is 0 Å². The van der Waals surface area contributed by atoms with Crippen LogP contribution in [0.4, 0.5) is 11.6 Å². The molecular weight excluding hydrogens is 426 g/mol. The van der Waals surface area contributed by atoms with Crippen molar-refractivity contribution in [1.82, 2.24) is 24.7 Å². The standard InChI is InChI=1S/C26H31N7O/c1-16-10-17(2)14-31(13-16)23-11-19-18(12-27-23)15-32(25(19)34)21-7-5-6-20(28-21)24-30-29-22-8-9-26(3,4)33(22)24/h5-7,11-12,16-17H,8-10,13-15H2,1-4H3/i12D. The van der Waals surface area contributed by atoms with Gasteiger partial charge in [-0.05, 0) is 56.7 Å². The zero-order valence-electron chi connectivity index (χ0n) is 21.2. The van der Waals surface area contributed by atoms with E-state index in [1.807, 2.05) is 24.3 Å². The number of hydrogen-bond donors (Lipinski definition) is 0. The Kier molecular flexibility index (Phi) is 4.50. The number of pyridine rings is 2. The number of aromatic nitrogens is 5. The minimum Gasteiger partial charge on any atom is -0.356 e. The molecule has 0 bridgehead atoms. The van der Waals surface area contributed by atoms with Gasteiger partial charge in [-0.25, -0.2) is 9.97 Å². The Morgan fingerprint density at radius 3 is 2.71 bits per heavy atom. The maximum Gasteiger partial charge on any atom is 0.260 e. The number of rotatable bonds is 3. The first kappa shape index (κ1) is 20.1. The Morgan fingerprint density at radius 1 is 1.12 bits per heavy atom. The fraction of sp³-hybridized carbons (Fsp3) is 0.500. The van der Waals surface area contributed by atoms with Crippen LogP contribution in [0.25, 0.3) is 11.5 Å². The van der Waals surface area contributed by atoms with Crippen molar-refractivity contribution in [2.24, 2.45) is 11.8 Å². The van der Waals surface area contributed by atoms with Gasteiger partial charge in [-0.1, -0.05) is 19.9 Å². The third kappa shape index (κ3) is 3.38. The van der Waals surface area contributed by atoms with E-state index in [1.165, 1.54) is 6.42 Å². The number of anilines is 2. The molecule has 2 unspecified atom stereocenters. The molecule has 3 aromatic rings. The number of fused-ring (bicyclic) bond motifs is 2. The molecule has 0 saturated carbocycles. The molecule has 3 aliphatic rings. The number of carbonyl (C=O) groups is 1. The van der Waals surface area contributed by atoms with Crippen LogP contribution in [0.1, 0.15) is 63.7 Å². The molecule has 0 aromatic carbocycles. The first-order valence-corrected chi connectivity index (χ1v) is 12.2. The van der Waals surface area contributed by atoms with Crippen LogP contribution in [-0.2, 0) is 18.5 Å². The molecule has 0 radical (unpaired) electrons. The molecule has 34 heavy (non-hydrogen) atoms. The molecule has 6 rings (SSSR count). The predicted octanol–water partition coefficient (Wildman–Crippen LogP) is 4.06. The van der Waals surface area contributed by atoms with Crippen molar-refractivity contribution in [3.8, 4) is 11.5 Å². The second-order valence-corrected chi connectivity index (χ2v) is 10.8. The van der Waals surface area contributed by atoms with Crippen molar-refractivity contribution in [2.75, 3.05) is 22.9 Å². The van der Waals surface area contributed by atoms with Crippen molar-refractivity contribution in [1.29, 1.82) is 0 Å². The lowest BCUT2D eigenvalue weighted by Gasteiger charge is -2.35. The van der Waals surface area contributed by atoms with E-state index in [1.54, 1.807) is 4.90 Å². The highest BCUT2D eigenvalue weighted by Gasteiger charge is 2.35. The van der Waals surface area contributed by atoms with Crippen molar-refractivity contribution in [3.05, 3.63) is 47.4 Å². The zero-order chi connectivity index (χ0) is 24.5. The molecule has 1 amide bonds. The predicted molar refractivity (Wildman–Crippen MR) is 131 cm³/mol. The van der Waals surface area contributed by atoms with E-state index in [9.17, 15) is 4.79 Å². The molecule has 0 N–H and O–H groups in total. The van der Waals surface area contributed by atoms with E-state index in [4.69, 9.17) is 6.35 Å². The van der Waals surface area contributed by atoms with Gasteiger partial charge in [0.2, 0.25) is 0 Å². The van der Waals surface area contributed by atoms with E-state index < -0.39 is 0 Å². The summed E-state index contributed by atoms with van der Waals surface area (Å²) >= 11 is 0. The number of carbonyl (C=O) groups excluding carboxylic acids is 1. The molecule has 1 saturated heterocycles. The summed E-state index contributed by atoms with van der Waals surface area (Å²) in [6.45, 7) is 11.0. The summed E-state index contributed by atoms with van der Waals surface area (Å²) in [6, 6.07) is 7.53. The summed E-state index contributed by atoms with van der Waals surface area (Å²) in [5.41, 5.74) is 1.84. The highest BCUT2D eigenvalue weighted by Crippen LogP contribution is 2.36. The van der Waals surface area contributed by atoms with Crippen LogP contribution in [0.5, 0.6) is 0 Å². The summed E-state index contributed by atoms with van der Waals surface area (Å²) in [5.74, 6) is 3.97. The third-order valence-corrected chi connectivity index (χ3v) is 7.42. The van der Waals surface area contributed by atoms with Gasteiger partial charge in [0.15, 0.2) is 5.82 Å². The smallest absolute Gasteiger partial charge is 0.260 e. The topological polar surface area (TPSA) is 80.0 Å². The quantitative estimate of drug-likeness (QED) is 0.589. The molecule has 6 heterocycles. The summed E-state index contributed by atoms with van der Waals surface area (Å²) in [7, 11) is 0. The Labute approximate surface area is 201 Å². The van der Waals surface area contributed by atoms with Crippen molar-refractivity contribution in [3.63, 3.8) is 0 Å². The average Bonchev–Trinajstić information content (AvgIpc) is 3.48. The van der Waals surface area contributed by atoms with E-state index in [-0.39, 0.29) is 17.6 Å². The number of aryl methyl sites for hydroxylation is 1. The maximum atomic E-state index is 13.5. The van der Waals surface area contributed by atoms with Gasteiger partial charge in [-0.2, -0.15) is 0 Å². The van der Waals surface area contributed by atoms with Crippen molar-refractivity contribution in [2.45, 2.75) is 59.0 Å². The van der Waals surface area contributed by atoms with Gasteiger partial charge in [0, 0.05) is 36.8 Å². The molecule has 8 nitrogen and oxygen atoms in total. The number of piperidine rings is 1. The van der Waals surface area contributed by atoms with Crippen molar-refractivity contribution < 1.29 is 6.17 Å². The highest BCUT2D eigenvalue weighted by atomic mass is 16.2. The van der Waals surface area contributed by atoms with Crippen LogP contribution < -0.4 is 9.80 Å². The van der Waals surface area contributed by atoms with E-state index in [2.05, 4.69) is 52.3 Å². The fourth-order valence-corrected chi connectivity index (χ4v) is 5.83. The summed E-state index contributed by atoms with van der Waals surface area (Å²) < 4.78 is 10.7. The molecule has 0 spiro atoms. The largest absolute Gasteiger partial charge is 0.356 e. The van der Waals surface area contributed by atoms with Crippen LogP contribution in [0.2, 0.25) is 0 Å². The lowest BCUT2D eigenvalue weighted by Crippen LogP contribution is -2.39. The minimum absolute atomic E-state index is 0.0722. The third-order valence-electron chi connectivity index (χ3n) is 7.42. The SMILES string of the molecule is [2H]c1nc(N2CC(C)CC(C)C2)cc2c1CN(c1cccc(-c3nnc4n3C(C)(C)CC4)n1)C2=O. The van der Waals surface area contributed by atoms with Crippen LogP contribution >= 0.6 is 0 Å². The van der Waals surface area contributed by atoms with Crippen LogP contribution in [0.15, 0.2) is 30.4 Å². The molecule has 3 aromatic heterocycles. The number of hydrogen-bond acceptors (Lipinski definition) is 6. The first-order chi connectivity index (χ1) is 16.7. The first-order valence-electron chi connectivity index (χ1n) is 12.7. The van der Waals surface area contributed by atoms with Crippen LogP contribution in [0, 0.1) is 11.8 Å². The Morgan fingerprint density at radius 2 is 1.91 bits per heavy atom. The lowest BCUT2D eigenvalue weighted by molar-refractivity contribution is 0.0996. The van der Waals surface area contributed by atoms with E-state index in [0.717, 1.165) is 43.4 Å². The fourth-order valence-electron chi connectivity index (χ4n) is 5.83. The average molecular weight is 459 g/mol. The van der Waals surface area contributed by atoms with Gasteiger partial charge in [0.05, 0.1) is 13.5 Å². The molecular formula is C26H31N7O. The van der Waals surface area contributed by atoms with Gasteiger partial charge in [-0.3, -0.25) is 9.69 Å². The Balaban J connectivity index is 1.32. The minimum atomic E-state index is -0.133. The monoisotopic (exact) mass is 458 g/mol. The molecule has 1 fully saturated rings. The van der Waals surface area contributed by atoms with Gasteiger partial charge in [0.25, 0.3) is 5.91 Å². The van der Waals surface area contributed by atoms with Gasteiger partial charge >= 0.3 is 0 Å². The zero-order valence-corrected chi connectivity index (χ0v) is 20.2. The van der Waals surface area contributed by atoms with Gasteiger partial charge < -0.3 is 9.47 Å². The molecule has 2 atom stereocenters. The van der Waals surface area contributed by atoms with Gasteiger partial charge in [-0.15, -0.1) is 10.2 Å². The molecule has 0 aliphatic carbocycles. The molecule has 8 heteroatoms. The Hall–Kier alpha value is -3.29. The lowest BCUT2D eigenvalue weighted by atomic mass is 9.92. The normalized spacial score (nSPS) is 23.8.